The third kappa shape index (κ3) is 1.77. The van der Waals surface area contributed by atoms with E-state index >= 15 is 0 Å². The van der Waals surface area contributed by atoms with Gasteiger partial charge in [0.05, 0.1) is 19.3 Å². The molecule has 0 aromatic carbocycles. The lowest BCUT2D eigenvalue weighted by Crippen LogP contribution is -2.44. The second-order valence-electron chi connectivity index (χ2n) is 3.42. The van der Waals surface area contributed by atoms with E-state index in [9.17, 15) is 0 Å². The number of anilines is 2. The molecule has 1 aromatic rings. The van der Waals surface area contributed by atoms with E-state index in [2.05, 4.69) is 21.8 Å². The number of aromatic nitrogens is 2. The van der Waals surface area contributed by atoms with Crippen LogP contribution in [0.4, 0.5) is 11.6 Å². The number of hydrogen-bond acceptors (Lipinski definition) is 5. The first-order chi connectivity index (χ1) is 6.77. The zero-order valence-electron chi connectivity index (χ0n) is 8.18. The highest BCUT2D eigenvalue weighted by molar-refractivity contribution is 5.46. The number of nitrogens with zero attached hydrogens (tertiary/aromatic N) is 3. The number of nitrogen functional groups attached to an aromatic ring is 1. The Kier molecular flexibility index (Phi) is 2.49. The maximum Gasteiger partial charge on any atom is 0.134 e. The predicted octanol–water partition coefficient (Wildman–Crippen LogP) is 0.284. The van der Waals surface area contributed by atoms with Crippen LogP contribution in [0.1, 0.15) is 6.92 Å². The van der Waals surface area contributed by atoms with Gasteiger partial charge in [0.25, 0.3) is 0 Å². The van der Waals surface area contributed by atoms with E-state index < -0.39 is 0 Å². The summed E-state index contributed by atoms with van der Waals surface area (Å²) in [7, 11) is 0. The minimum absolute atomic E-state index is 0.345. The van der Waals surface area contributed by atoms with Gasteiger partial charge >= 0.3 is 0 Å². The molecule has 2 N–H and O–H groups in total. The van der Waals surface area contributed by atoms with Gasteiger partial charge in [0.15, 0.2) is 0 Å². The maximum atomic E-state index is 5.60. The van der Waals surface area contributed by atoms with Crippen molar-refractivity contribution < 1.29 is 4.74 Å². The largest absolute Gasteiger partial charge is 0.384 e. The molecule has 1 unspecified atom stereocenters. The summed E-state index contributed by atoms with van der Waals surface area (Å²) in [6.45, 7) is 4.45. The molecule has 2 heterocycles. The van der Waals surface area contributed by atoms with Crippen LogP contribution in [0.5, 0.6) is 0 Å². The summed E-state index contributed by atoms with van der Waals surface area (Å²) in [6.07, 6.45) is 1.49. The molecule has 76 valence electrons. The molecule has 1 aliphatic heterocycles. The zero-order chi connectivity index (χ0) is 9.97. The molecule has 14 heavy (non-hydrogen) atoms. The first-order valence-corrected chi connectivity index (χ1v) is 4.69. The first kappa shape index (κ1) is 9.21. The number of nitrogens with two attached hydrogens (primary N) is 1. The number of morpholine rings is 1. The number of ether oxygens (including phenoxy) is 1. The van der Waals surface area contributed by atoms with E-state index in [1.165, 1.54) is 6.33 Å². The Hall–Kier alpha value is -1.36. The van der Waals surface area contributed by atoms with Crippen LogP contribution in [0, 0.1) is 0 Å². The van der Waals surface area contributed by atoms with Gasteiger partial charge in [-0.3, -0.25) is 0 Å². The van der Waals surface area contributed by atoms with Crippen molar-refractivity contribution in [3.63, 3.8) is 0 Å². The zero-order valence-corrected chi connectivity index (χ0v) is 8.18. The average Bonchev–Trinajstić information content (AvgIpc) is 2.18. The molecule has 5 heteroatoms. The first-order valence-electron chi connectivity index (χ1n) is 4.69. The van der Waals surface area contributed by atoms with Crippen LogP contribution in [-0.2, 0) is 4.74 Å². The molecule has 0 spiro atoms. The summed E-state index contributed by atoms with van der Waals surface area (Å²) < 4.78 is 5.35. The predicted molar refractivity (Wildman–Crippen MR) is 54.1 cm³/mol. The molecule has 1 aliphatic rings. The summed E-state index contributed by atoms with van der Waals surface area (Å²) in [5, 5.41) is 0. The van der Waals surface area contributed by atoms with Crippen molar-refractivity contribution >= 4 is 11.6 Å². The minimum atomic E-state index is 0.345. The lowest BCUT2D eigenvalue weighted by Gasteiger charge is -2.34. The van der Waals surface area contributed by atoms with Crippen molar-refractivity contribution in [1.29, 1.82) is 0 Å². The molecule has 0 radical (unpaired) electrons. The van der Waals surface area contributed by atoms with Gasteiger partial charge in [0.2, 0.25) is 0 Å². The topological polar surface area (TPSA) is 64.3 Å². The van der Waals surface area contributed by atoms with E-state index in [4.69, 9.17) is 10.5 Å². The molecule has 5 nitrogen and oxygen atoms in total. The van der Waals surface area contributed by atoms with Gasteiger partial charge in [-0.05, 0) is 6.92 Å². The van der Waals surface area contributed by atoms with Gasteiger partial charge in [0.1, 0.15) is 18.0 Å². The van der Waals surface area contributed by atoms with E-state index in [-0.39, 0.29) is 0 Å². The average molecular weight is 194 g/mol. The molecule has 0 bridgehead atoms. The quantitative estimate of drug-likeness (QED) is 0.695. The van der Waals surface area contributed by atoms with Crippen molar-refractivity contribution in [3.05, 3.63) is 12.4 Å². The van der Waals surface area contributed by atoms with E-state index in [1.807, 2.05) is 0 Å². The van der Waals surface area contributed by atoms with E-state index in [1.54, 1.807) is 6.07 Å². The van der Waals surface area contributed by atoms with Crippen LogP contribution in [-0.4, -0.2) is 35.8 Å². The molecular weight excluding hydrogens is 180 g/mol. The molecule has 1 atom stereocenters. The van der Waals surface area contributed by atoms with Crippen molar-refractivity contribution in [2.45, 2.75) is 13.0 Å². The molecule has 1 fully saturated rings. The van der Waals surface area contributed by atoms with Gasteiger partial charge in [-0.2, -0.15) is 0 Å². The molecule has 0 saturated carbocycles. The molecule has 0 aliphatic carbocycles. The summed E-state index contributed by atoms with van der Waals surface area (Å²) in [5.41, 5.74) is 5.60. The van der Waals surface area contributed by atoms with E-state index in [0.717, 1.165) is 25.6 Å². The van der Waals surface area contributed by atoms with Crippen LogP contribution < -0.4 is 10.6 Å². The van der Waals surface area contributed by atoms with Crippen LogP contribution in [0.15, 0.2) is 12.4 Å². The lowest BCUT2D eigenvalue weighted by molar-refractivity contribution is 0.0985. The fourth-order valence-corrected chi connectivity index (χ4v) is 1.59. The summed E-state index contributed by atoms with van der Waals surface area (Å²) in [4.78, 5) is 10.2. The smallest absolute Gasteiger partial charge is 0.134 e. The Morgan fingerprint density at radius 3 is 3.14 bits per heavy atom. The Morgan fingerprint density at radius 2 is 2.43 bits per heavy atom. The van der Waals surface area contributed by atoms with Crippen molar-refractivity contribution in [2.24, 2.45) is 0 Å². The van der Waals surface area contributed by atoms with Gasteiger partial charge in [-0.15, -0.1) is 0 Å². The lowest BCUT2D eigenvalue weighted by atomic mass is 10.2. The van der Waals surface area contributed by atoms with Crippen LogP contribution in [0.2, 0.25) is 0 Å². The second-order valence-corrected chi connectivity index (χ2v) is 3.42. The Labute approximate surface area is 82.9 Å². The third-order valence-electron chi connectivity index (χ3n) is 2.34. The van der Waals surface area contributed by atoms with Gasteiger partial charge < -0.3 is 15.4 Å². The van der Waals surface area contributed by atoms with Crippen LogP contribution in [0.25, 0.3) is 0 Å². The highest BCUT2D eigenvalue weighted by Crippen LogP contribution is 2.17. The Bertz CT molecular complexity index is 317. The molecule has 1 saturated heterocycles. The van der Waals surface area contributed by atoms with E-state index in [0.29, 0.717) is 11.9 Å². The maximum absolute atomic E-state index is 5.60. The van der Waals surface area contributed by atoms with Crippen molar-refractivity contribution in [1.82, 2.24) is 9.97 Å². The summed E-state index contributed by atoms with van der Waals surface area (Å²) in [6, 6.07) is 2.14. The normalized spacial score (nSPS) is 22.4. The number of rotatable bonds is 1. The van der Waals surface area contributed by atoms with Crippen LogP contribution >= 0.6 is 0 Å². The monoisotopic (exact) mass is 194 g/mol. The highest BCUT2D eigenvalue weighted by atomic mass is 16.5. The summed E-state index contributed by atoms with van der Waals surface area (Å²) >= 11 is 0. The number of hydrogen-bond donors (Lipinski definition) is 1. The molecular formula is C9H14N4O. The fourth-order valence-electron chi connectivity index (χ4n) is 1.59. The molecule has 0 amide bonds. The fraction of sp³-hybridized carbons (Fsp3) is 0.556. The van der Waals surface area contributed by atoms with Gasteiger partial charge in [-0.25, -0.2) is 9.97 Å². The highest BCUT2D eigenvalue weighted by Gasteiger charge is 2.19. The molecule has 2 rings (SSSR count). The summed E-state index contributed by atoms with van der Waals surface area (Å²) in [5.74, 6) is 1.39. The minimum Gasteiger partial charge on any atom is -0.384 e. The Morgan fingerprint density at radius 1 is 1.57 bits per heavy atom. The second kappa shape index (κ2) is 3.79. The Balaban J connectivity index is 2.20. The molecule has 1 aromatic heterocycles. The van der Waals surface area contributed by atoms with Gasteiger partial charge in [0, 0.05) is 12.6 Å². The third-order valence-corrected chi connectivity index (χ3v) is 2.34. The SMILES string of the molecule is CC1COCCN1c1cc(N)ncn1. The standard InChI is InChI=1S/C9H14N4O/c1-7-5-14-3-2-13(7)9-4-8(10)11-6-12-9/h4,6-7H,2-3,5H2,1H3,(H2,10,11,12). The van der Waals surface area contributed by atoms with Gasteiger partial charge in [-0.1, -0.05) is 0 Å². The van der Waals surface area contributed by atoms with Crippen molar-refractivity contribution in [2.75, 3.05) is 30.4 Å². The van der Waals surface area contributed by atoms with Crippen molar-refractivity contribution in [3.8, 4) is 0 Å². The van der Waals surface area contributed by atoms with Crippen LogP contribution in [0.3, 0.4) is 0 Å².